The lowest BCUT2D eigenvalue weighted by Gasteiger charge is -2.36. The first-order valence-electron chi connectivity index (χ1n) is 6.92. The summed E-state index contributed by atoms with van der Waals surface area (Å²) >= 11 is 0. The zero-order valence-electron chi connectivity index (χ0n) is 12.6. The van der Waals surface area contributed by atoms with Gasteiger partial charge in [-0.3, -0.25) is 0 Å². The van der Waals surface area contributed by atoms with Gasteiger partial charge in [-0.2, -0.15) is 0 Å². The summed E-state index contributed by atoms with van der Waals surface area (Å²) in [6, 6.07) is 0. The fraction of sp³-hybridized carbons (Fsp3) is 0.688. The molecule has 19 heavy (non-hydrogen) atoms. The maximum atomic E-state index is 11.2. The number of esters is 1. The van der Waals surface area contributed by atoms with Gasteiger partial charge >= 0.3 is 5.97 Å². The molecule has 1 saturated carbocycles. The summed E-state index contributed by atoms with van der Waals surface area (Å²) in [7, 11) is 1.39. The Morgan fingerprint density at radius 2 is 1.95 bits per heavy atom. The lowest BCUT2D eigenvalue weighted by Crippen LogP contribution is -2.41. The van der Waals surface area contributed by atoms with E-state index in [4.69, 9.17) is 4.74 Å². The molecule has 2 aliphatic rings. The van der Waals surface area contributed by atoms with Crippen LogP contribution in [0.4, 0.5) is 0 Å². The molecule has 3 nitrogen and oxygen atoms in total. The molecule has 1 aliphatic carbocycles. The molecule has 0 amide bonds. The highest BCUT2D eigenvalue weighted by Gasteiger charge is 2.73. The molecule has 0 N–H and O–H groups in total. The predicted octanol–water partition coefficient (Wildman–Crippen LogP) is 3.40. The van der Waals surface area contributed by atoms with E-state index in [2.05, 4.69) is 31.6 Å². The molecule has 0 spiro atoms. The van der Waals surface area contributed by atoms with Crippen molar-refractivity contribution in [3.8, 4) is 0 Å². The summed E-state index contributed by atoms with van der Waals surface area (Å²) in [6.07, 6.45) is 9.13. The van der Waals surface area contributed by atoms with Crippen LogP contribution in [0.1, 0.15) is 47.0 Å². The Kier molecular flexibility index (Phi) is 3.38. The van der Waals surface area contributed by atoms with Crippen molar-refractivity contribution >= 4 is 5.97 Å². The Morgan fingerprint density at radius 3 is 2.53 bits per heavy atom. The molecule has 0 bridgehead atoms. The molecule has 0 aromatic rings. The molecule has 0 unspecified atom stereocenters. The summed E-state index contributed by atoms with van der Waals surface area (Å²) in [5, 5.41) is 0. The van der Waals surface area contributed by atoms with Gasteiger partial charge in [-0.1, -0.05) is 19.9 Å². The third-order valence-corrected chi connectivity index (χ3v) is 4.72. The fourth-order valence-electron chi connectivity index (χ4n) is 3.45. The molecule has 2 atom stereocenters. The van der Waals surface area contributed by atoms with E-state index in [1.807, 2.05) is 13.0 Å². The number of epoxide rings is 1. The van der Waals surface area contributed by atoms with Gasteiger partial charge in [0.05, 0.1) is 12.7 Å². The Balaban J connectivity index is 2.18. The van der Waals surface area contributed by atoms with Crippen LogP contribution in [0, 0.1) is 5.41 Å². The van der Waals surface area contributed by atoms with Crippen LogP contribution in [0.3, 0.4) is 0 Å². The molecular weight excluding hydrogens is 240 g/mol. The first kappa shape index (κ1) is 14.3. The Bertz CT molecular complexity index is 447. The first-order chi connectivity index (χ1) is 8.76. The zero-order valence-corrected chi connectivity index (χ0v) is 12.6. The van der Waals surface area contributed by atoms with E-state index in [-0.39, 0.29) is 22.6 Å². The third kappa shape index (κ3) is 2.25. The van der Waals surface area contributed by atoms with Crippen LogP contribution in [0.5, 0.6) is 0 Å². The van der Waals surface area contributed by atoms with Crippen molar-refractivity contribution in [2.24, 2.45) is 5.41 Å². The minimum absolute atomic E-state index is 0.0310. The lowest BCUT2D eigenvalue weighted by molar-refractivity contribution is -0.134. The zero-order chi connectivity index (χ0) is 14.3. The third-order valence-electron chi connectivity index (χ3n) is 4.72. The van der Waals surface area contributed by atoms with Crippen molar-refractivity contribution < 1.29 is 14.3 Å². The SMILES string of the molecule is COC(=O)/C=C(C)\C=C\[C@]12O[C@@]1(C)CCCC2(C)C. The van der Waals surface area contributed by atoms with E-state index in [9.17, 15) is 4.79 Å². The fourth-order valence-corrected chi connectivity index (χ4v) is 3.45. The van der Waals surface area contributed by atoms with Crippen LogP contribution in [0.2, 0.25) is 0 Å². The summed E-state index contributed by atoms with van der Waals surface area (Å²) in [5.74, 6) is -0.318. The minimum Gasteiger partial charge on any atom is -0.466 e. The Labute approximate surface area is 115 Å². The van der Waals surface area contributed by atoms with E-state index in [1.165, 1.54) is 26.0 Å². The standard InChI is InChI=1S/C16H24O3/c1-12(11-13(17)18-5)7-10-16-14(2,3)8-6-9-15(16,4)19-16/h7,10-11H,6,8-9H2,1-5H3/b10-7+,12-11-/t15-,16+/m0/s1. The van der Waals surface area contributed by atoms with E-state index < -0.39 is 0 Å². The average molecular weight is 264 g/mol. The van der Waals surface area contributed by atoms with Crippen LogP contribution >= 0.6 is 0 Å². The van der Waals surface area contributed by atoms with Gasteiger partial charge in [-0.05, 0) is 44.8 Å². The topological polar surface area (TPSA) is 38.8 Å². The second-order valence-corrected chi connectivity index (χ2v) is 6.55. The van der Waals surface area contributed by atoms with Gasteiger partial charge in [0.2, 0.25) is 0 Å². The van der Waals surface area contributed by atoms with Crippen LogP contribution in [-0.4, -0.2) is 24.3 Å². The molecule has 0 aromatic heterocycles. The molecule has 3 heteroatoms. The van der Waals surface area contributed by atoms with Crippen molar-refractivity contribution in [1.29, 1.82) is 0 Å². The smallest absolute Gasteiger partial charge is 0.330 e. The molecule has 106 valence electrons. The largest absolute Gasteiger partial charge is 0.466 e. The van der Waals surface area contributed by atoms with E-state index >= 15 is 0 Å². The number of methoxy groups -OCH3 is 1. The van der Waals surface area contributed by atoms with Gasteiger partial charge < -0.3 is 9.47 Å². The van der Waals surface area contributed by atoms with Crippen LogP contribution in [-0.2, 0) is 14.3 Å². The molecule has 1 heterocycles. The van der Waals surface area contributed by atoms with E-state index in [0.717, 1.165) is 12.0 Å². The van der Waals surface area contributed by atoms with E-state index in [0.29, 0.717) is 0 Å². The van der Waals surface area contributed by atoms with Gasteiger partial charge in [0.25, 0.3) is 0 Å². The van der Waals surface area contributed by atoms with Gasteiger partial charge in [-0.15, -0.1) is 0 Å². The van der Waals surface area contributed by atoms with Gasteiger partial charge in [0, 0.05) is 11.5 Å². The highest BCUT2D eigenvalue weighted by Crippen LogP contribution is 2.66. The van der Waals surface area contributed by atoms with Crippen molar-refractivity contribution in [2.75, 3.05) is 7.11 Å². The van der Waals surface area contributed by atoms with E-state index in [1.54, 1.807) is 0 Å². The molecule has 2 fully saturated rings. The highest BCUT2D eigenvalue weighted by atomic mass is 16.6. The quantitative estimate of drug-likeness (QED) is 0.339. The number of carbonyl (C=O) groups excluding carboxylic acids is 1. The number of ether oxygens (including phenoxy) is 2. The Morgan fingerprint density at radius 1 is 1.26 bits per heavy atom. The average Bonchev–Trinajstić information content (AvgIpc) is 2.94. The summed E-state index contributed by atoms with van der Waals surface area (Å²) in [4.78, 5) is 11.2. The summed E-state index contributed by atoms with van der Waals surface area (Å²) < 4.78 is 10.7. The second kappa shape index (κ2) is 4.48. The predicted molar refractivity (Wildman–Crippen MR) is 74.8 cm³/mol. The Hall–Kier alpha value is -1.09. The molecule has 0 radical (unpaired) electrons. The number of hydrogen-bond acceptors (Lipinski definition) is 3. The van der Waals surface area contributed by atoms with Crippen molar-refractivity contribution in [1.82, 2.24) is 0 Å². The van der Waals surface area contributed by atoms with Crippen molar-refractivity contribution in [3.05, 3.63) is 23.8 Å². The highest BCUT2D eigenvalue weighted by molar-refractivity contribution is 5.83. The first-order valence-corrected chi connectivity index (χ1v) is 6.92. The number of allylic oxidation sites excluding steroid dienone is 2. The van der Waals surface area contributed by atoms with Crippen LogP contribution < -0.4 is 0 Å². The van der Waals surface area contributed by atoms with Gasteiger partial charge in [0.15, 0.2) is 0 Å². The minimum atomic E-state index is -0.318. The summed E-state index contributed by atoms with van der Waals surface area (Å²) in [5.41, 5.74) is 0.822. The number of rotatable bonds is 3. The second-order valence-electron chi connectivity index (χ2n) is 6.55. The lowest BCUT2D eigenvalue weighted by atomic mass is 9.64. The number of fused-ring (bicyclic) bond motifs is 1. The molecular formula is C16H24O3. The van der Waals surface area contributed by atoms with Crippen LogP contribution in [0.25, 0.3) is 0 Å². The van der Waals surface area contributed by atoms with Gasteiger partial charge in [0.1, 0.15) is 5.60 Å². The molecule has 0 aromatic carbocycles. The van der Waals surface area contributed by atoms with Gasteiger partial charge in [-0.25, -0.2) is 4.79 Å². The number of carbonyl (C=O) groups is 1. The maximum Gasteiger partial charge on any atom is 0.330 e. The number of hydrogen-bond donors (Lipinski definition) is 0. The normalized spacial score (nSPS) is 37.0. The molecule has 2 rings (SSSR count). The maximum absolute atomic E-state index is 11.2. The molecule has 1 saturated heterocycles. The van der Waals surface area contributed by atoms with Crippen molar-refractivity contribution in [2.45, 2.75) is 58.2 Å². The monoisotopic (exact) mass is 264 g/mol. The van der Waals surface area contributed by atoms with Crippen LogP contribution in [0.15, 0.2) is 23.8 Å². The summed E-state index contributed by atoms with van der Waals surface area (Å²) in [6.45, 7) is 8.62. The van der Waals surface area contributed by atoms with Crippen molar-refractivity contribution in [3.63, 3.8) is 0 Å². The molecule has 1 aliphatic heterocycles.